The smallest absolute Gasteiger partial charge is 0.171 e. The Labute approximate surface area is 137 Å². The van der Waals surface area contributed by atoms with Gasteiger partial charge in [0.1, 0.15) is 0 Å². The lowest BCUT2D eigenvalue weighted by Crippen LogP contribution is -2.46. The molecule has 3 nitrogen and oxygen atoms in total. The Morgan fingerprint density at radius 3 is 2.45 bits per heavy atom. The average Bonchev–Trinajstić information content (AvgIpc) is 3.00. The topological polar surface area (TPSA) is 37.0 Å². The molecule has 0 aliphatic heterocycles. The van der Waals surface area contributed by atoms with Crippen LogP contribution in [0.2, 0.25) is 0 Å². The fourth-order valence-corrected chi connectivity index (χ4v) is 3.40. The number of anilines is 1. The van der Waals surface area contributed by atoms with Crippen LogP contribution in [0.3, 0.4) is 0 Å². The predicted octanol–water partition coefficient (Wildman–Crippen LogP) is 4.15. The molecule has 2 N–H and O–H groups in total. The van der Waals surface area contributed by atoms with E-state index in [0.29, 0.717) is 5.11 Å². The van der Waals surface area contributed by atoms with Gasteiger partial charge in [-0.25, -0.2) is 0 Å². The van der Waals surface area contributed by atoms with Crippen molar-refractivity contribution in [1.29, 1.82) is 0 Å². The molecule has 1 aliphatic rings. The zero-order valence-corrected chi connectivity index (χ0v) is 13.6. The summed E-state index contributed by atoms with van der Waals surface area (Å²) in [5, 5.41) is 7.48. The van der Waals surface area contributed by atoms with Crippen LogP contribution in [0, 0.1) is 6.92 Å². The number of benzene rings is 1. The number of aromatic nitrogens is 1. The van der Waals surface area contributed by atoms with Crippen molar-refractivity contribution in [2.75, 3.05) is 5.32 Å². The van der Waals surface area contributed by atoms with E-state index in [4.69, 9.17) is 12.2 Å². The molecular weight excluding hydrogens is 290 g/mol. The highest BCUT2D eigenvalue weighted by Gasteiger charge is 2.37. The van der Waals surface area contributed by atoms with Gasteiger partial charge < -0.3 is 10.6 Å². The number of hydrogen-bond donors (Lipinski definition) is 2. The minimum absolute atomic E-state index is 0.129. The summed E-state index contributed by atoms with van der Waals surface area (Å²) in [7, 11) is 0. The molecule has 0 unspecified atom stereocenters. The molecule has 2 aromatic rings. The van der Waals surface area contributed by atoms with E-state index >= 15 is 0 Å². The number of pyridine rings is 1. The van der Waals surface area contributed by atoms with Crippen molar-refractivity contribution in [2.45, 2.75) is 38.1 Å². The van der Waals surface area contributed by atoms with Crippen LogP contribution >= 0.6 is 12.2 Å². The molecule has 1 aliphatic carbocycles. The summed E-state index contributed by atoms with van der Waals surface area (Å²) in [6, 6.07) is 14.3. The van der Waals surface area contributed by atoms with Crippen molar-refractivity contribution in [3.05, 3.63) is 59.9 Å². The standard InChI is InChI=1S/C18H21N3S/c1-14-7-9-15(10-8-14)20-17(22)21-18(11-3-4-12-18)16-6-2-5-13-19-16/h2,5-10,13H,3-4,11-12H2,1H3,(H2,20,21,22). The van der Waals surface area contributed by atoms with Crippen LogP contribution in [0.1, 0.15) is 36.9 Å². The molecule has 0 atom stereocenters. The van der Waals surface area contributed by atoms with Gasteiger partial charge in [0.25, 0.3) is 0 Å². The Balaban J connectivity index is 1.74. The molecule has 114 valence electrons. The molecular formula is C18H21N3S. The fraction of sp³-hybridized carbons (Fsp3) is 0.333. The highest BCUT2D eigenvalue weighted by Crippen LogP contribution is 2.37. The highest BCUT2D eigenvalue weighted by atomic mass is 32.1. The molecule has 22 heavy (non-hydrogen) atoms. The Morgan fingerprint density at radius 1 is 1.09 bits per heavy atom. The van der Waals surface area contributed by atoms with E-state index in [9.17, 15) is 0 Å². The highest BCUT2D eigenvalue weighted by molar-refractivity contribution is 7.80. The van der Waals surface area contributed by atoms with E-state index < -0.39 is 0 Å². The van der Waals surface area contributed by atoms with Gasteiger partial charge in [-0.2, -0.15) is 0 Å². The lowest BCUT2D eigenvalue weighted by atomic mass is 9.93. The van der Waals surface area contributed by atoms with E-state index in [1.807, 2.05) is 30.5 Å². The molecule has 0 saturated heterocycles. The van der Waals surface area contributed by atoms with Crippen molar-refractivity contribution < 1.29 is 0 Å². The molecule has 0 bridgehead atoms. The largest absolute Gasteiger partial charge is 0.351 e. The van der Waals surface area contributed by atoms with Gasteiger partial charge in [0.2, 0.25) is 0 Å². The molecule has 1 saturated carbocycles. The third-order valence-corrected chi connectivity index (χ3v) is 4.48. The summed E-state index contributed by atoms with van der Waals surface area (Å²) in [5.41, 5.74) is 3.21. The van der Waals surface area contributed by atoms with Gasteiger partial charge in [-0.1, -0.05) is 36.6 Å². The third-order valence-electron chi connectivity index (χ3n) is 4.27. The minimum atomic E-state index is -0.129. The predicted molar refractivity (Wildman–Crippen MR) is 94.9 cm³/mol. The molecule has 0 radical (unpaired) electrons. The van der Waals surface area contributed by atoms with E-state index in [0.717, 1.165) is 24.2 Å². The fourth-order valence-electron chi connectivity index (χ4n) is 3.09. The number of aryl methyl sites for hydroxylation is 1. The summed E-state index contributed by atoms with van der Waals surface area (Å²) in [6.07, 6.45) is 6.40. The summed E-state index contributed by atoms with van der Waals surface area (Å²) >= 11 is 5.53. The van der Waals surface area contributed by atoms with Gasteiger partial charge in [0, 0.05) is 11.9 Å². The van der Waals surface area contributed by atoms with Gasteiger partial charge in [-0.05, 0) is 56.2 Å². The minimum Gasteiger partial charge on any atom is -0.351 e. The second kappa shape index (κ2) is 6.44. The van der Waals surface area contributed by atoms with Crippen molar-refractivity contribution in [3.63, 3.8) is 0 Å². The average molecular weight is 311 g/mol. The molecule has 3 rings (SSSR count). The number of hydrogen-bond acceptors (Lipinski definition) is 2. The second-order valence-electron chi connectivity index (χ2n) is 5.95. The third kappa shape index (κ3) is 3.28. The summed E-state index contributed by atoms with van der Waals surface area (Å²) in [5.74, 6) is 0. The molecule has 1 aromatic carbocycles. The van der Waals surface area contributed by atoms with E-state index in [-0.39, 0.29) is 5.54 Å². The summed E-state index contributed by atoms with van der Waals surface area (Å²) in [4.78, 5) is 4.55. The maximum atomic E-state index is 5.53. The zero-order chi connectivity index (χ0) is 15.4. The molecule has 1 fully saturated rings. The summed E-state index contributed by atoms with van der Waals surface area (Å²) in [6.45, 7) is 2.08. The Morgan fingerprint density at radius 2 is 1.82 bits per heavy atom. The first kappa shape index (κ1) is 15.0. The lowest BCUT2D eigenvalue weighted by Gasteiger charge is -2.31. The van der Waals surface area contributed by atoms with Crippen LogP contribution in [-0.4, -0.2) is 10.1 Å². The van der Waals surface area contributed by atoms with E-state index in [1.165, 1.54) is 18.4 Å². The SMILES string of the molecule is Cc1ccc(NC(=S)NC2(c3ccccn3)CCCC2)cc1. The van der Waals surface area contributed by atoms with E-state index in [2.05, 4.69) is 40.7 Å². The van der Waals surface area contributed by atoms with Crippen LogP contribution in [0.15, 0.2) is 48.7 Å². The van der Waals surface area contributed by atoms with Gasteiger partial charge in [-0.15, -0.1) is 0 Å². The van der Waals surface area contributed by atoms with Gasteiger partial charge in [0.05, 0.1) is 11.2 Å². The van der Waals surface area contributed by atoms with Gasteiger partial charge in [0.15, 0.2) is 5.11 Å². The number of nitrogens with zero attached hydrogens (tertiary/aromatic N) is 1. The van der Waals surface area contributed by atoms with Crippen LogP contribution in [0.25, 0.3) is 0 Å². The Kier molecular flexibility index (Phi) is 4.39. The molecule has 0 amide bonds. The first-order valence-electron chi connectivity index (χ1n) is 7.75. The van der Waals surface area contributed by atoms with Crippen molar-refractivity contribution in [3.8, 4) is 0 Å². The summed E-state index contributed by atoms with van der Waals surface area (Å²) < 4.78 is 0. The molecule has 1 heterocycles. The van der Waals surface area contributed by atoms with Gasteiger partial charge >= 0.3 is 0 Å². The van der Waals surface area contributed by atoms with Gasteiger partial charge in [-0.3, -0.25) is 4.98 Å². The second-order valence-corrected chi connectivity index (χ2v) is 6.36. The monoisotopic (exact) mass is 311 g/mol. The van der Waals surface area contributed by atoms with Crippen LogP contribution in [0.4, 0.5) is 5.69 Å². The van der Waals surface area contributed by atoms with Crippen LogP contribution in [-0.2, 0) is 5.54 Å². The Bertz CT molecular complexity index is 631. The molecule has 4 heteroatoms. The first-order chi connectivity index (χ1) is 10.7. The molecule has 1 aromatic heterocycles. The van der Waals surface area contributed by atoms with Crippen molar-refractivity contribution >= 4 is 23.0 Å². The quantitative estimate of drug-likeness (QED) is 0.835. The van der Waals surface area contributed by atoms with Crippen molar-refractivity contribution in [1.82, 2.24) is 10.3 Å². The number of thiocarbonyl (C=S) groups is 1. The maximum Gasteiger partial charge on any atom is 0.171 e. The maximum absolute atomic E-state index is 5.53. The van der Waals surface area contributed by atoms with E-state index in [1.54, 1.807) is 0 Å². The first-order valence-corrected chi connectivity index (χ1v) is 8.16. The number of nitrogens with one attached hydrogen (secondary N) is 2. The number of rotatable bonds is 3. The van der Waals surface area contributed by atoms with Crippen LogP contribution < -0.4 is 10.6 Å². The lowest BCUT2D eigenvalue weighted by molar-refractivity contribution is 0.396. The van der Waals surface area contributed by atoms with Crippen LogP contribution in [0.5, 0.6) is 0 Å². The zero-order valence-electron chi connectivity index (χ0n) is 12.8. The molecule has 0 spiro atoms. The van der Waals surface area contributed by atoms with Crippen molar-refractivity contribution in [2.24, 2.45) is 0 Å². The Hall–Kier alpha value is -1.94. The normalized spacial score (nSPS) is 16.2.